The van der Waals surface area contributed by atoms with E-state index in [9.17, 15) is 0 Å². The van der Waals surface area contributed by atoms with Gasteiger partial charge in [-0.25, -0.2) is 0 Å². The molecule has 0 bridgehead atoms. The summed E-state index contributed by atoms with van der Waals surface area (Å²) >= 11 is 0. The maximum Gasteiger partial charge on any atom is 0.0547 e. The molecule has 0 aliphatic heterocycles. The minimum Gasteiger partial charge on any atom is -0.384 e. The summed E-state index contributed by atoms with van der Waals surface area (Å²) in [4.78, 5) is 6.37. The second kappa shape index (κ2) is 7.06. The molecule has 90 valence electrons. The van der Waals surface area contributed by atoms with Gasteiger partial charge in [-0.15, -0.1) is 0 Å². The topological polar surface area (TPSA) is 40.2 Å². The zero-order chi connectivity index (χ0) is 11.8. The Morgan fingerprint density at radius 2 is 1.88 bits per heavy atom. The molecule has 1 aromatic rings. The predicted molar refractivity (Wildman–Crippen MR) is 70.1 cm³/mol. The van der Waals surface area contributed by atoms with Crippen LogP contribution in [0.4, 0.5) is 11.4 Å². The summed E-state index contributed by atoms with van der Waals surface area (Å²) in [6.07, 6.45) is 4.84. The Bertz CT molecular complexity index is 299. The highest BCUT2D eigenvalue weighted by Crippen LogP contribution is 2.12. The molecule has 1 heterocycles. The number of nitrogens with zero attached hydrogens (tertiary/aromatic N) is 2. The van der Waals surface area contributed by atoms with Crippen molar-refractivity contribution < 1.29 is 0 Å². The van der Waals surface area contributed by atoms with Crippen molar-refractivity contribution in [2.45, 2.75) is 13.3 Å². The highest BCUT2D eigenvalue weighted by Gasteiger charge is 1.95. The largest absolute Gasteiger partial charge is 0.384 e. The summed E-state index contributed by atoms with van der Waals surface area (Å²) in [5, 5.41) is 6.62. The molecule has 4 nitrogen and oxygen atoms in total. The molecule has 0 radical (unpaired) electrons. The van der Waals surface area contributed by atoms with Gasteiger partial charge in [-0.2, -0.15) is 0 Å². The monoisotopic (exact) mass is 222 g/mol. The Balaban J connectivity index is 2.33. The van der Waals surface area contributed by atoms with E-state index >= 15 is 0 Å². The van der Waals surface area contributed by atoms with Crippen molar-refractivity contribution in [3.05, 3.63) is 18.5 Å². The molecular weight excluding hydrogens is 200 g/mol. The van der Waals surface area contributed by atoms with Gasteiger partial charge >= 0.3 is 0 Å². The summed E-state index contributed by atoms with van der Waals surface area (Å²) in [6, 6.07) is 2.09. The number of pyridine rings is 1. The van der Waals surface area contributed by atoms with Gasteiger partial charge in [-0.1, -0.05) is 0 Å². The van der Waals surface area contributed by atoms with E-state index in [2.05, 4.69) is 47.6 Å². The van der Waals surface area contributed by atoms with Crippen LogP contribution in [0, 0.1) is 0 Å². The Labute approximate surface area is 98.1 Å². The van der Waals surface area contributed by atoms with Crippen LogP contribution in [0.25, 0.3) is 0 Å². The summed E-state index contributed by atoms with van der Waals surface area (Å²) in [5.74, 6) is 0. The molecular formula is C12H22N4. The Morgan fingerprint density at radius 1 is 1.19 bits per heavy atom. The number of rotatable bonds is 7. The van der Waals surface area contributed by atoms with E-state index in [4.69, 9.17) is 0 Å². The number of hydrogen-bond acceptors (Lipinski definition) is 4. The molecule has 0 saturated carbocycles. The third-order valence-electron chi connectivity index (χ3n) is 2.23. The Kier molecular flexibility index (Phi) is 5.64. The molecule has 1 rings (SSSR count). The average molecular weight is 222 g/mol. The van der Waals surface area contributed by atoms with Crippen LogP contribution in [0.2, 0.25) is 0 Å². The minimum absolute atomic E-state index is 0.922. The van der Waals surface area contributed by atoms with Crippen LogP contribution in [-0.4, -0.2) is 43.6 Å². The van der Waals surface area contributed by atoms with Crippen molar-refractivity contribution in [3.63, 3.8) is 0 Å². The number of nitrogens with one attached hydrogen (secondary N) is 2. The SMILES string of the molecule is CCNc1cncc(NCCCN(C)C)c1. The van der Waals surface area contributed by atoms with Gasteiger partial charge in [0.25, 0.3) is 0 Å². The van der Waals surface area contributed by atoms with Gasteiger partial charge in [0, 0.05) is 13.1 Å². The summed E-state index contributed by atoms with van der Waals surface area (Å²) in [6.45, 7) is 5.09. The van der Waals surface area contributed by atoms with Gasteiger partial charge in [0.15, 0.2) is 0 Å². The Morgan fingerprint density at radius 3 is 2.50 bits per heavy atom. The fraction of sp³-hybridized carbons (Fsp3) is 0.583. The Hall–Kier alpha value is -1.29. The first kappa shape index (κ1) is 12.8. The lowest BCUT2D eigenvalue weighted by atomic mass is 10.3. The van der Waals surface area contributed by atoms with Gasteiger partial charge in [-0.05, 0) is 40.1 Å². The molecule has 16 heavy (non-hydrogen) atoms. The molecule has 0 aliphatic rings. The van der Waals surface area contributed by atoms with E-state index in [1.54, 1.807) is 0 Å². The highest BCUT2D eigenvalue weighted by molar-refractivity contribution is 5.53. The zero-order valence-corrected chi connectivity index (χ0v) is 10.5. The van der Waals surface area contributed by atoms with Crippen LogP contribution in [0.1, 0.15) is 13.3 Å². The molecule has 0 fully saturated rings. The number of anilines is 2. The van der Waals surface area contributed by atoms with Gasteiger partial charge < -0.3 is 15.5 Å². The van der Waals surface area contributed by atoms with Crippen LogP contribution >= 0.6 is 0 Å². The maximum absolute atomic E-state index is 4.18. The van der Waals surface area contributed by atoms with E-state index in [0.29, 0.717) is 0 Å². The quantitative estimate of drug-likeness (QED) is 0.691. The standard InChI is InChI=1S/C12H22N4/c1-4-14-11-8-12(10-13-9-11)15-6-5-7-16(2)3/h8-10,14-15H,4-7H2,1-3H3. The second-order valence-corrected chi connectivity index (χ2v) is 4.08. The van der Waals surface area contributed by atoms with E-state index in [-0.39, 0.29) is 0 Å². The summed E-state index contributed by atoms with van der Waals surface area (Å²) in [7, 11) is 4.18. The molecule has 0 aromatic carbocycles. The first-order chi connectivity index (χ1) is 7.72. The smallest absolute Gasteiger partial charge is 0.0547 e. The molecule has 2 N–H and O–H groups in total. The van der Waals surface area contributed by atoms with Crippen LogP contribution in [0.15, 0.2) is 18.5 Å². The van der Waals surface area contributed by atoms with Crippen LogP contribution in [0.3, 0.4) is 0 Å². The number of hydrogen-bond donors (Lipinski definition) is 2. The zero-order valence-electron chi connectivity index (χ0n) is 10.5. The van der Waals surface area contributed by atoms with E-state index in [1.807, 2.05) is 12.4 Å². The average Bonchev–Trinajstić information content (AvgIpc) is 2.25. The normalized spacial score (nSPS) is 10.5. The van der Waals surface area contributed by atoms with Gasteiger partial charge in [0.2, 0.25) is 0 Å². The molecule has 0 spiro atoms. The van der Waals surface area contributed by atoms with Gasteiger partial charge in [0.1, 0.15) is 0 Å². The maximum atomic E-state index is 4.18. The van der Waals surface area contributed by atoms with E-state index in [1.165, 1.54) is 0 Å². The molecule has 0 unspecified atom stereocenters. The summed E-state index contributed by atoms with van der Waals surface area (Å²) in [5.41, 5.74) is 2.15. The fourth-order valence-corrected chi connectivity index (χ4v) is 1.47. The lowest BCUT2D eigenvalue weighted by Crippen LogP contribution is -2.16. The van der Waals surface area contributed by atoms with Crippen LogP contribution in [0.5, 0.6) is 0 Å². The first-order valence-electron chi connectivity index (χ1n) is 5.80. The molecule has 0 saturated heterocycles. The van der Waals surface area contributed by atoms with Crippen LogP contribution < -0.4 is 10.6 Å². The van der Waals surface area contributed by atoms with Crippen LogP contribution in [-0.2, 0) is 0 Å². The second-order valence-electron chi connectivity index (χ2n) is 4.08. The molecule has 0 atom stereocenters. The van der Waals surface area contributed by atoms with E-state index in [0.717, 1.165) is 37.4 Å². The van der Waals surface area contributed by atoms with Crippen molar-refractivity contribution in [1.82, 2.24) is 9.88 Å². The van der Waals surface area contributed by atoms with Gasteiger partial charge in [-0.3, -0.25) is 4.98 Å². The number of aromatic nitrogens is 1. The summed E-state index contributed by atoms with van der Waals surface area (Å²) < 4.78 is 0. The van der Waals surface area contributed by atoms with Crippen molar-refractivity contribution in [3.8, 4) is 0 Å². The highest BCUT2D eigenvalue weighted by atomic mass is 15.1. The lowest BCUT2D eigenvalue weighted by molar-refractivity contribution is 0.405. The van der Waals surface area contributed by atoms with Crippen molar-refractivity contribution >= 4 is 11.4 Å². The third-order valence-corrected chi connectivity index (χ3v) is 2.23. The minimum atomic E-state index is 0.922. The van der Waals surface area contributed by atoms with Gasteiger partial charge in [0.05, 0.1) is 23.8 Å². The molecule has 1 aromatic heterocycles. The fourth-order valence-electron chi connectivity index (χ4n) is 1.47. The predicted octanol–water partition coefficient (Wildman–Crippen LogP) is 1.88. The van der Waals surface area contributed by atoms with Crippen molar-refractivity contribution in [1.29, 1.82) is 0 Å². The molecule has 0 amide bonds. The molecule has 0 aliphatic carbocycles. The molecule has 4 heteroatoms. The lowest BCUT2D eigenvalue weighted by Gasteiger charge is -2.11. The van der Waals surface area contributed by atoms with Crippen molar-refractivity contribution in [2.75, 3.05) is 44.4 Å². The third kappa shape index (κ3) is 4.98. The van der Waals surface area contributed by atoms with Crippen molar-refractivity contribution in [2.24, 2.45) is 0 Å². The van der Waals surface area contributed by atoms with E-state index < -0.39 is 0 Å². The first-order valence-corrected chi connectivity index (χ1v) is 5.80.